The molecule has 0 amide bonds. The maximum atomic E-state index is 6.11. The number of nitrogens with zero attached hydrogens (tertiary/aromatic N) is 4. The lowest BCUT2D eigenvalue weighted by atomic mass is 10.2. The van der Waals surface area contributed by atoms with Crippen molar-refractivity contribution in [1.29, 1.82) is 0 Å². The number of thioether (sulfide) groups is 1. The Bertz CT molecular complexity index is 1230. The third-order valence-corrected chi connectivity index (χ3v) is 6.21. The minimum atomic E-state index is 0.560. The van der Waals surface area contributed by atoms with Crippen LogP contribution in [0.15, 0.2) is 73.7 Å². The van der Waals surface area contributed by atoms with Crippen LogP contribution in [-0.2, 0) is 0 Å². The van der Waals surface area contributed by atoms with Crippen molar-refractivity contribution in [2.75, 3.05) is 5.75 Å². The van der Waals surface area contributed by atoms with Crippen LogP contribution in [0.3, 0.4) is 0 Å². The molecule has 4 aromatic rings. The van der Waals surface area contributed by atoms with Gasteiger partial charge >= 0.3 is 0 Å². The lowest BCUT2D eigenvalue weighted by Crippen LogP contribution is -2.13. The Morgan fingerprint density at radius 1 is 0.897 bits per heavy atom. The van der Waals surface area contributed by atoms with Gasteiger partial charge in [-0.25, -0.2) is 0 Å². The first-order chi connectivity index (χ1) is 14.1. The Kier molecular flexibility index (Phi) is 4.99. The lowest BCUT2D eigenvalue weighted by Gasteiger charge is -2.12. The van der Waals surface area contributed by atoms with Crippen LogP contribution in [0.25, 0.3) is 22.7 Å². The highest BCUT2D eigenvalue weighted by atomic mass is 79.9. The first kappa shape index (κ1) is 18.9. The number of fused-ring (bicyclic) bond motifs is 1. The summed E-state index contributed by atoms with van der Waals surface area (Å²) >= 11 is 17.2. The molecule has 0 N–H and O–H groups in total. The van der Waals surface area contributed by atoms with E-state index in [1.54, 1.807) is 22.5 Å². The van der Waals surface area contributed by atoms with Gasteiger partial charge in [-0.2, -0.15) is 9.78 Å². The zero-order valence-electron chi connectivity index (χ0n) is 14.6. The van der Waals surface area contributed by atoms with Crippen LogP contribution in [0.5, 0.6) is 0 Å². The standard InChI is InChI=1S/C20H11BrCl2N4OS/c21-13-3-1-11(2-4-13)19-24-25-20-27(19)26-16(10-29-20)18-6-5-17(28-18)12-7-14(22)9-15(23)8-12/h1-9H,10H2. The molecule has 3 heterocycles. The van der Waals surface area contributed by atoms with E-state index in [9.17, 15) is 0 Å². The molecule has 144 valence electrons. The number of halogens is 3. The predicted octanol–water partition coefficient (Wildman–Crippen LogP) is 6.63. The lowest BCUT2D eigenvalue weighted by molar-refractivity contribution is 0.570. The molecule has 0 spiro atoms. The molecule has 0 saturated carbocycles. The van der Waals surface area contributed by atoms with Crippen molar-refractivity contribution in [3.8, 4) is 22.7 Å². The number of hydrogen-bond donors (Lipinski definition) is 0. The van der Waals surface area contributed by atoms with Crippen molar-refractivity contribution in [3.05, 3.63) is 74.9 Å². The molecule has 0 fully saturated rings. The molecule has 9 heteroatoms. The summed E-state index contributed by atoms with van der Waals surface area (Å²) in [4.78, 5) is 0. The molecule has 5 rings (SSSR count). The van der Waals surface area contributed by atoms with Gasteiger partial charge in [-0.15, -0.1) is 10.2 Å². The Labute approximate surface area is 188 Å². The molecule has 0 bridgehead atoms. The van der Waals surface area contributed by atoms with Crippen molar-refractivity contribution in [1.82, 2.24) is 14.9 Å². The zero-order valence-corrected chi connectivity index (χ0v) is 18.6. The van der Waals surface area contributed by atoms with Gasteiger partial charge in [0.25, 0.3) is 0 Å². The summed E-state index contributed by atoms with van der Waals surface area (Å²) in [5.74, 6) is 2.69. The van der Waals surface area contributed by atoms with Crippen molar-refractivity contribution < 1.29 is 4.42 Å². The van der Waals surface area contributed by atoms with Crippen LogP contribution in [0, 0.1) is 0 Å². The first-order valence-corrected chi connectivity index (χ1v) is 11.1. The predicted molar refractivity (Wildman–Crippen MR) is 120 cm³/mol. The van der Waals surface area contributed by atoms with E-state index in [2.05, 4.69) is 26.1 Å². The first-order valence-electron chi connectivity index (χ1n) is 8.55. The van der Waals surface area contributed by atoms with E-state index in [4.69, 9.17) is 32.7 Å². The highest BCUT2D eigenvalue weighted by molar-refractivity contribution is 9.10. The molecule has 0 aliphatic carbocycles. The van der Waals surface area contributed by atoms with E-state index in [0.29, 0.717) is 33.1 Å². The minimum absolute atomic E-state index is 0.560. The van der Waals surface area contributed by atoms with Gasteiger partial charge in [0.05, 0.1) is 0 Å². The van der Waals surface area contributed by atoms with Crippen LogP contribution in [0.1, 0.15) is 5.76 Å². The van der Waals surface area contributed by atoms with E-state index in [-0.39, 0.29) is 0 Å². The van der Waals surface area contributed by atoms with Crippen molar-refractivity contribution >= 4 is 56.6 Å². The van der Waals surface area contributed by atoms with Gasteiger partial charge in [0.15, 0.2) is 11.6 Å². The van der Waals surface area contributed by atoms with Gasteiger partial charge in [-0.1, -0.05) is 63.0 Å². The van der Waals surface area contributed by atoms with Gasteiger partial charge in [0, 0.05) is 31.4 Å². The van der Waals surface area contributed by atoms with Gasteiger partial charge in [-0.3, -0.25) is 0 Å². The molecule has 5 nitrogen and oxygen atoms in total. The third-order valence-electron chi connectivity index (χ3n) is 4.31. The maximum absolute atomic E-state index is 6.11. The minimum Gasteiger partial charge on any atom is -0.455 e. The van der Waals surface area contributed by atoms with Crippen molar-refractivity contribution in [3.63, 3.8) is 0 Å². The Morgan fingerprint density at radius 3 is 2.38 bits per heavy atom. The topological polar surface area (TPSA) is 56.2 Å². The fourth-order valence-electron chi connectivity index (χ4n) is 2.97. The molecule has 1 aliphatic heterocycles. The van der Waals surface area contributed by atoms with E-state index in [1.165, 1.54) is 0 Å². The van der Waals surface area contributed by atoms with Crippen molar-refractivity contribution in [2.45, 2.75) is 5.16 Å². The summed E-state index contributed by atoms with van der Waals surface area (Å²) in [6, 6.07) is 17.0. The largest absolute Gasteiger partial charge is 0.455 e. The average Bonchev–Trinajstić information content (AvgIpc) is 3.35. The van der Waals surface area contributed by atoms with Gasteiger partial charge in [0.2, 0.25) is 5.16 Å². The molecule has 0 radical (unpaired) electrons. The molecule has 0 unspecified atom stereocenters. The molecule has 0 atom stereocenters. The van der Waals surface area contributed by atoms with E-state index in [0.717, 1.165) is 26.5 Å². The molecular weight excluding hydrogens is 495 g/mol. The Balaban J connectivity index is 1.51. The zero-order chi connectivity index (χ0) is 20.0. The summed E-state index contributed by atoms with van der Waals surface area (Å²) in [5, 5.41) is 15.2. The van der Waals surface area contributed by atoms with Gasteiger partial charge in [0.1, 0.15) is 11.5 Å². The summed E-state index contributed by atoms with van der Waals surface area (Å²) < 4.78 is 8.81. The summed E-state index contributed by atoms with van der Waals surface area (Å²) in [5.41, 5.74) is 2.56. The third kappa shape index (κ3) is 3.75. The Hall–Kier alpha value is -2.06. The van der Waals surface area contributed by atoms with Crippen LogP contribution in [0.4, 0.5) is 0 Å². The smallest absolute Gasteiger partial charge is 0.212 e. The molecule has 1 aliphatic rings. The second-order valence-electron chi connectivity index (χ2n) is 6.28. The van der Waals surface area contributed by atoms with E-state index < -0.39 is 0 Å². The number of hydrogen-bond acceptors (Lipinski definition) is 5. The van der Waals surface area contributed by atoms with Crippen LogP contribution >= 0.6 is 50.9 Å². The van der Waals surface area contributed by atoms with Crippen molar-refractivity contribution in [2.24, 2.45) is 5.10 Å². The second-order valence-corrected chi connectivity index (χ2v) is 9.01. The highest BCUT2D eigenvalue weighted by Gasteiger charge is 2.22. The SMILES string of the molecule is Clc1cc(Cl)cc(-c2ccc(C3=Nn4c(nnc4-c4ccc(Br)cc4)SC3)o2)c1. The van der Waals surface area contributed by atoms with E-state index in [1.807, 2.05) is 48.5 Å². The fraction of sp³-hybridized carbons (Fsp3) is 0.0500. The van der Waals surface area contributed by atoms with Crippen LogP contribution in [-0.4, -0.2) is 26.3 Å². The molecule has 2 aromatic carbocycles. The molecule has 2 aromatic heterocycles. The number of benzene rings is 2. The monoisotopic (exact) mass is 504 g/mol. The summed E-state index contributed by atoms with van der Waals surface area (Å²) in [7, 11) is 0. The second kappa shape index (κ2) is 7.65. The van der Waals surface area contributed by atoms with Gasteiger partial charge in [-0.05, 0) is 42.5 Å². The van der Waals surface area contributed by atoms with Crippen LogP contribution < -0.4 is 0 Å². The maximum Gasteiger partial charge on any atom is 0.212 e. The molecular formula is C20H11BrCl2N4OS. The number of furan rings is 1. The molecule has 0 saturated heterocycles. The van der Waals surface area contributed by atoms with Gasteiger partial charge < -0.3 is 4.42 Å². The number of rotatable bonds is 3. The fourth-order valence-corrected chi connectivity index (χ4v) is 4.58. The normalized spacial score (nSPS) is 13.3. The quantitative estimate of drug-likeness (QED) is 0.313. The average molecular weight is 506 g/mol. The number of aromatic nitrogens is 3. The summed E-state index contributed by atoms with van der Waals surface area (Å²) in [6.07, 6.45) is 0. The molecule has 29 heavy (non-hydrogen) atoms. The highest BCUT2D eigenvalue weighted by Crippen LogP contribution is 2.32. The Morgan fingerprint density at radius 2 is 1.62 bits per heavy atom. The van der Waals surface area contributed by atoms with E-state index >= 15 is 0 Å². The van der Waals surface area contributed by atoms with Crippen LogP contribution in [0.2, 0.25) is 10.0 Å². The summed E-state index contributed by atoms with van der Waals surface area (Å²) in [6.45, 7) is 0.